The zero-order valence-corrected chi connectivity index (χ0v) is 17.5. The number of thiazole rings is 1. The molecule has 4 aromatic rings. The molecule has 3 aromatic carbocycles. The highest BCUT2D eigenvalue weighted by Crippen LogP contribution is 2.32. The van der Waals surface area contributed by atoms with Crippen molar-refractivity contribution in [2.75, 3.05) is 4.72 Å². The van der Waals surface area contributed by atoms with Gasteiger partial charge in [0.2, 0.25) is 0 Å². The summed E-state index contributed by atoms with van der Waals surface area (Å²) >= 11 is 4.74. The van der Waals surface area contributed by atoms with Gasteiger partial charge in [-0.05, 0) is 42.0 Å². The molecule has 1 heterocycles. The van der Waals surface area contributed by atoms with Gasteiger partial charge in [0.25, 0.3) is 10.0 Å². The first-order chi connectivity index (χ1) is 12.9. The van der Waals surface area contributed by atoms with E-state index in [2.05, 4.69) is 25.6 Å². The zero-order chi connectivity index (χ0) is 19.0. The smallest absolute Gasteiger partial charge is 0.255 e. The molecule has 0 aliphatic carbocycles. The van der Waals surface area contributed by atoms with E-state index in [1.807, 2.05) is 61.5 Å². The molecule has 4 rings (SSSR count). The maximum Gasteiger partial charge on any atom is 0.263 e. The number of fused-ring (bicyclic) bond motifs is 1. The largest absolute Gasteiger partial charge is 0.263 e. The van der Waals surface area contributed by atoms with Crippen LogP contribution in [0, 0.1) is 6.92 Å². The van der Waals surface area contributed by atoms with Crippen LogP contribution in [0.5, 0.6) is 0 Å². The van der Waals surface area contributed by atoms with Gasteiger partial charge in [-0.25, -0.2) is 13.4 Å². The van der Waals surface area contributed by atoms with Gasteiger partial charge in [-0.1, -0.05) is 58.4 Å². The fraction of sp³-hybridized carbons (Fsp3) is 0.0500. The Hall–Kier alpha value is -2.22. The Morgan fingerprint density at radius 3 is 2.41 bits per heavy atom. The molecular formula is C20H15BrN2O2S2. The van der Waals surface area contributed by atoms with Gasteiger partial charge in [0, 0.05) is 14.9 Å². The minimum atomic E-state index is -3.71. The third-order valence-corrected chi connectivity index (χ3v) is 7.05. The first kappa shape index (κ1) is 18.2. The van der Waals surface area contributed by atoms with Crippen molar-refractivity contribution in [1.29, 1.82) is 0 Å². The predicted molar refractivity (Wildman–Crippen MR) is 115 cm³/mol. The standard InChI is InChI=1S/C20H15BrN2O2S2/c1-13-19(15-6-9-17(21)10-7-15)22-20(26-13)23-27(24,25)18-11-8-14-4-2-3-5-16(14)12-18/h2-12H,1H3,(H,22,23). The number of benzene rings is 3. The number of halogens is 1. The van der Waals surface area contributed by atoms with Crippen molar-refractivity contribution in [2.45, 2.75) is 11.8 Å². The summed E-state index contributed by atoms with van der Waals surface area (Å²) in [5.74, 6) is 0. The third kappa shape index (κ3) is 3.76. The molecule has 0 bridgehead atoms. The van der Waals surface area contributed by atoms with Gasteiger partial charge >= 0.3 is 0 Å². The zero-order valence-electron chi connectivity index (χ0n) is 14.3. The van der Waals surface area contributed by atoms with E-state index in [0.717, 1.165) is 31.4 Å². The summed E-state index contributed by atoms with van der Waals surface area (Å²) in [7, 11) is -3.71. The fourth-order valence-corrected chi connectivity index (χ4v) is 5.19. The van der Waals surface area contributed by atoms with E-state index in [9.17, 15) is 8.42 Å². The molecule has 0 unspecified atom stereocenters. The number of rotatable bonds is 4. The van der Waals surface area contributed by atoms with Gasteiger partial charge < -0.3 is 0 Å². The van der Waals surface area contributed by atoms with Crippen LogP contribution in [0.2, 0.25) is 0 Å². The van der Waals surface area contributed by atoms with Gasteiger partial charge in [0.1, 0.15) is 0 Å². The first-order valence-electron chi connectivity index (χ1n) is 8.17. The number of anilines is 1. The normalized spacial score (nSPS) is 11.6. The molecule has 1 aromatic heterocycles. The van der Waals surface area contributed by atoms with Crippen molar-refractivity contribution in [3.05, 3.63) is 76.1 Å². The number of hydrogen-bond donors (Lipinski definition) is 1. The monoisotopic (exact) mass is 458 g/mol. The SMILES string of the molecule is Cc1sc(NS(=O)(=O)c2ccc3ccccc3c2)nc1-c1ccc(Br)cc1. The van der Waals surface area contributed by atoms with E-state index in [1.54, 1.807) is 12.1 Å². The highest BCUT2D eigenvalue weighted by molar-refractivity contribution is 9.10. The number of nitrogens with one attached hydrogen (secondary N) is 1. The van der Waals surface area contributed by atoms with E-state index in [-0.39, 0.29) is 4.90 Å². The molecule has 0 saturated carbocycles. The summed E-state index contributed by atoms with van der Waals surface area (Å²) < 4.78 is 29.2. The van der Waals surface area contributed by atoms with Crippen LogP contribution < -0.4 is 4.72 Å². The second kappa shape index (κ2) is 7.07. The lowest BCUT2D eigenvalue weighted by Gasteiger charge is -2.06. The van der Waals surface area contributed by atoms with Crippen molar-refractivity contribution >= 4 is 53.2 Å². The van der Waals surface area contributed by atoms with Crippen LogP contribution in [-0.2, 0) is 10.0 Å². The fourth-order valence-electron chi connectivity index (χ4n) is 2.82. The van der Waals surface area contributed by atoms with Gasteiger partial charge in [-0.15, -0.1) is 11.3 Å². The number of sulfonamides is 1. The second-order valence-corrected chi connectivity index (χ2v) is 9.85. The average Bonchev–Trinajstić information content (AvgIpc) is 3.01. The summed E-state index contributed by atoms with van der Waals surface area (Å²) in [5.41, 5.74) is 1.73. The summed E-state index contributed by atoms with van der Waals surface area (Å²) in [6.07, 6.45) is 0. The molecule has 0 aliphatic rings. The molecule has 4 nitrogen and oxygen atoms in total. The highest BCUT2D eigenvalue weighted by atomic mass is 79.9. The summed E-state index contributed by atoms with van der Waals surface area (Å²) in [6, 6.07) is 20.5. The van der Waals surface area contributed by atoms with Crippen molar-refractivity contribution < 1.29 is 8.42 Å². The van der Waals surface area contributed by atoms with Crippen molar-refractivity contribution in [3.63, 3.8) is 0 Å². The Morgan fingerprint density at radius 1 is 0.963 bits per heavy atom. The number of hydrogen-bond acceptors (Lipinski definition) is 4. The van der Waals surface area contributed by atoms with Gasteiger partial charge in [0.05, 0.1) is 10.6 Å². The lowest BCUT2D eigenvalue weighted by molar-refractivity contribution is 0.601. The molecule has 7 heteroatoms. The summed E-state index contributed by atoms with van der Waals surface area (Å²) in [5, 5.41) is 2.24. The minimum Gasteiger partial charge on any atom is -0.255 e. The van der Waals surface area contributed by atoms with Gasteiger partial charge in [-0.3, -0.25) is 4.72 Å². The Balaban J connectivity index is 1.66. The molecule has 1 N–H and O–H groups in total. The molecular weight excluding hydrogens is 444 g/mol. The van der Waals surface area contributed by atoms with Crippen LogP contribution in [0.4, 0.5) is 5.13 Å². The Morgan fingerprint density at radius 2 is 1.67 bits per heavy atom. The van der Waals surface area contributed by atoms with E-state index < -0.39 is 10.0 Å². The van der Waals surface area contributed by atoms with Crippen molar-refractivity contribution in [3.8, 4) is 11.3 Å². The lowest BCUT2D eigenvalue weighted by Crippen LogP contribution is -2.12. The van der Waals surface area contributed by atoms with Crippen molar-refractivity contribution in [2.24, 2.45) is 0 Å². The van der Waals surface area contributed by atoms with Gasteiger partial charge in [0.15, 0.2) is 5.13 Å². The maximum absolute atomic E-state index is 12.8. The van der Waals surface area contributed by atoms with Gasteiger partial charge in [-0.2, -0.15) is 0 Å². The Bertz CT molecular complexity index is 1230. The average molecular weight is 459 g/mol. The Labute approximate surface area is 170 Å². The molecule has 0 saturated heterocycles. The molecule has 0 fully saturated rings. The number of aromatic nitrogens is 1. The number of aryl methyl sites for hydroxylation is 1. The molecule has 0 aliphatic heterocycles. The minimum absolute atomic E-state index is 0.222. The Kier molecular flexibility index (Phi) is 4.75. The first-order valence-corrected chi connectivity index (χ1v) is 11.3. The maximum atomic E-state index is 12.8. The van der Waals surface area contributed by atoms with Crippen LogP contribution >= 0.6 is 27.3 Å². The topological polar surface area (TPSA) is 59.1 Å². The van der Waals surface area contributed by atoms with E-state index in [1.165, 1.54) is 11.3 Å². The predicted octanol–water partition coefficient (Wildman–Crippen LogP) is 5.84. The summed E-state index contributed by atoms with van der Waals surface area (Å²) in [4.78, 5) is 5.67. The quantitative estimate of drug-likeness (QED) is 0.418. The molecule has 0 atom stereocenters. The lowest BCUT2D eigenvalue weighted by atomic mass is 10.1. The van der Waals surface area contributed by atoms with Crippen molar-refractivity contribution in [1.82, 2.24) is 4.98 Å². The van der Waals surface area contributed by atoms with E-state index in [0.29, 0.717) is 5.13 Å². The van der Waals surface area contributed by atoms with Crippen LogP contribution in [-0.4, -0.2) is 13.4 Å². The van der Waals surface area contributed by atoms with Crippen LogP contribution in [0.3, 0.4) is 0 Å². The molecule has 0 amide bonds. The molecule has 0 spiro atoms. The van der Waals surface area contributed by atoms with Crippen LogP contribution in [0.25, 0.3) is 22.0 Å². The van der Waals surface area contributed by atoms with E-state index in [4.69, 9.17) is 0 Å². The molecule has 27 heavy (non-hydrogen) atoms. The molecule has 136 valence electrons. The third-order valence-electron chi connectivity index (χ3n) is 4.17. The highest BCUT2D eigenvalue weighted by Gasteiger charge is 2.18. The number of nitrogens with zero attached hydrogens (tertiary/aromatic N) is 1. The van der Waals surface area contributed by atoms with E-state index >= 15 is 0 Å². The summed E-state index contributed by atoms with van der Waals surface area (Å²) in [6.45, 7) is 1.93. The molecule has 0 radical (unpaired) electrons. The van der Waals surface area contributed by atoms with Crippen LogP contribution in [0.1, 0.15) is 4.88 Å². The second-order valence-electron chi connectivity index (χ2n) is 6.05. The van der Waals surface area contributed by atoms with Crippen LogP contribution in [0.15, 0.2) is 76.1 Å².